The average molecular weight is 289 g/mol. The summed E-state index contributed by atoms with van der Waals surface area (Å²) in [6.45, 7) is 4.49. The highest BCUT2D eigenvalue weighted by Crippen LogP contribution is 2.35. The van der Waals surface area contributed by atoms with Gasteiger partial charge in [-0.2, -0.15) is 11.1 Å². The maximum Gasteiger partial charge on any atom is 0.200 e. The first-order chi connectivity index (χ1) is 7.59. The molecule has 0 amide bonds. The zero-order valence-electron chi connectivity index (χ0n) is 9.35. The first kappa shape index (κ1) is 14.4. The monoisotopic (exact) mass is 288 g/mol. The molecule has 96 valence electrons. The van der Waals surface area contributed by atoms with Crippen LogP contribution in [0.4, 0.5) is 22.0 Å². The van der Waals surface area contributed by atoms with Crippen molar-refractivity contribution in [3.63, 3.8) is 0 Å². The predicted molar refractivity (Wildman–Crippen MR) is 58.0 cm³/mol. The molecule has 0 saturated carbocycles. The summed E-state index contributed by atoms with van der Waals surface area (Å²) in [5.74, 6) is -9.60. The summed E-state index contributed by atoms with van der Waals surface area (Å²) in [4.78, 5) is 0. The molecule has 1 aromatic carbocycles. The molecule has 1 unspecified atom stereocenters. The van der Waals surface area contributed by atoms with Crippen LogP contribution in [0.25, 0.3) is 0 Å². The van der Waals surface area contributed by atoms with Gasteiger partial charge in [-0.25, -0.2) is 22.0 Å². The van der Waals surface area contributed by atoms with Crippen LogP contribution < -0.4 is 0 Å². The fourth-order valence-corrected chi connectivity index (χ4v) is 2.61. The number of halogens is 6. The highest BCUT2D eigenvalue weighted by Gasteiger charge is 2.36. The number of benzene rings is 1. The molecule has 0 spiro atoms. The van der Waals surface area contributed by atoms with Crippen molar-refractivity contribution < 1.29 is 22.0 Å². The second-order valence-corrected chi connectivity index (χ2v) is 11.2. The molecule has 0 fully saturated rings. The molecule has 0 N–H and O–H groups in total. The lowest BCUT2D eigenvalue weighted by Gasteiger charge is -2.24. The molecule has 0 radical (unpaired) electrons. The van der Waals surface area contributed by atoms with Crippen LogP contribution in [-0.4, -0.2) is 7.38 Å². The van der Waals surface area contributed by atoms with E-state index in [4.69, 9.17) is 11.1 Å². The third-order valence-corrected chi connectivity index (χ3v) is 6.04. The predicted octanol–water partition coefficient (Wildman–Crippen LogP) is 4.47. The van der Waals surface area contributed by atoms with Gasteiger partial charge in [0.05, 0.1) is 0 Å². The molecular formula is C10H10ClF5Si. The molecule has 0 bridgehead atoms. The zero-order valence-corrected chi connectivity index (χ0v) is 11.1. The van der Waals surface area contributed by atoms with E-state index in [1.165, 1.54) is 6.92 Å². The lowest BCUT2D eigenvalue weighted by Crippen LogP contribution is -2.28. The Kier molecular flexibility index (Phi) is 3.88. The second-order valence-electron chi connectivity index (χ2n) is 4.27. The molecule has 0 nitrogen and oxygen atoms in total. The van der Waals surface area contributed by atoms with Crippen molar-refractivity contribution in [2.45, 2.75) is 25.6 Å². The van der Waals surface area contributed by atoms with Gasteiger partial charge in [0.15, 0.2) is 30.7 Å². The van der Waals surface area contributed by atoms with Crippen LogP contribution >= 0.6 is 11.1 Å². The van der Waals surface area contributed by atoms with Gasteiger partial charge in [0, 0.05) is 5.56 Å². The molecule has 0 aromatic heterocycles. The molecule has 1 atom stereocenters. The van der Waals surface area contributed by atoms with Crippen LogP contribution in [0.1, 0.15) is 18.0 Å². The Hall–Kier alpha value is -0.623. The third-order valence-electron chi connectivity index (χ3n) is 2.71. The van der Waals surface area contributed by atoms with Crippen LogP contribution in [0.2, 0.25) is 13.1 Å². The minimum atomic E-state index is -2.59. The van der Waals surface area contributed by atoms with Crippen LogP contribution in [0.3, 0.4) is 0 Å². The van der Waals surface area contributed by atoms with E-state index in [0.29, 0.717) is 0 Å². The van der Waals surface area contributed by atoms with E-state index in [1.54, 1.807) is 13.1 Å². The van der Waals surface area contributed by atoms with E-state index in [2.05, 4.69) is 0 Å². The minimum Gasteiger partial charge on any atom is -0.203 e. The highest BCUT2D eigenvalue weighted by atomic mass is 35.6. The number of hydrogen-bond donors (Lipinski definition) is 0. The topological polar surface area (TPSA) is 0 Å². The third kappa shape index (κ3) is 2.47. The molecule has 7 heteroatoms. The van der Waals surface area contributed by atoms with Crippen LogP contribution in [0.5, 0.6) is 0 Å². The molecule has 17 heavy (non-hydrogen) atoms. The van der Waals surface area contributed by atoms with Gasteiger partial charge < -0.3 is 0 Å². The normalized spacial score (nSPS) is 13.9. The second kappa shape index (κ2) is 4.57. The van der Waals surface area contributed by atoms with Crippen molar-refractivity contribution in [1.29, 1.82) is 0 Å². The van der Waals surface area contributed by atoms with Crippen LogP contribution in [-0.2, 0) is 0 Å². The zero-order chi connectivity index (χ0) is 13.5. The van der Waals surface area contributed by atoms with Crippen molar-refractivity contribution >= 4 is 18.5 Å². The van der Waals surface area contributed by atoms with E-state index in [-0.39, 0.29) is 0 Å². The first-order valence-electron chi connectivity index (χ1n) is 4.79. The Morgan fingerprint density at radius 2 is 1.12 bits per heavy atom. The van der Waals surface area contributed by atoms with Crippen molar-refractivity contribution in [3.8, 4) is 0 Å². The van der Waals surface area contributed by atoms with Gasteiger partial charge in [0.2, 0.25) is 5.82 Å². The van der Waals surface area contributed by atoms with Gasteiger partial charge in [0.25, 0.3) is 0 Å². The maximum absolute atomic E-state index is 13.4. The Labute approximate surface area is 101 Å². The van der Waals surface area contributed by atoms with Gasteiger partial charge in [0.1, 0.15) is 0 Å². The van der Waals surface area contributed by atoms with Gasteiger partial charge >= 0.3 is 0 Å². The molecule has 1 rings (SSSR count). The number of rotatable bonds is 2. The van der Waals surface area contributed by atoms with E-state index in [1.807, 2.05) is 0 Å². The summed E-state index contributed by atoms with van der Waals surface area (Å²) in [6.07, 6.45) is 0. The van der Waals surface area contributed by atoms with E-state index in [9.17, 15) is 22.0 Å². The fourth-order valence-electron chi connectivity index (χ4n) is 1.35. The summed E-state index contributed by atoms with van der Waals surface area (Å²) in [7, 11) is -2.59. The van der Waals surface area contributed by atoms with Crippen molar-refractivity contribution in [2.24, 2.45) is 0 Å². The molecular weight excluding hydrogens is 279 g/mol. The van der Waals surface area contributed by atoms with Crippen LogP contribution in [0.15, 0.2) is 0 Å². The quantitative estimate of drug-likeness (QED) is 0.248. The molecule has 0 aliphatic carbocycles. The summed E-state index contributed by atoms with van der Waals surface area (Å²) < 4.78 is 65.6. The SMILES string of the molecule is CC(c1c(F)c(F)c(F)c(F)c1F)[Si](C)(C)Cl. The summed E-state index contributed by atoms with van der Waals surface area (Å²) in [6, 6.07) is 0. The Balaban J connectivity index is 3.55. The van der Waals surface area contributed by atoms with Crippen molar-refractivity contribution in [3.05, 3.63) is 34.6 Å². The highest BCUT2D eigenvalue weighted by molar-refractivity contribution is 7.19. The van der Waals surface area contributed by atoms with E-state index >= 15 is 0 Å². The Morgan fingerprint density at radius 1 is 0.824 bits per heavy atom. The lowest BCUT2D eigenvalue weighted by molar-refractivity contribution is 0.369. The smallest absolute Gasteiger partial charge is 0.200 e. The molecule has 0 saturated heterocycles. The molecule has 0 aliphatic heterocycles. The summed E-state index contributed by atoms with van der Waals surface area (Å²) in [5.41, 5.74) is -1.72. The van der Waals surface area contributed by atoms with Crippen molar-refractivity contribution in [1.82, 2.24) is 0 Å². The lowest BCUT2D eigenvalue weighted by atomic mass is 10.1. The standard InChI is InChI=1S/C10H10ClF5Si/c1-4(17(2,3)11)5-6(12)8(14)10(16)9(15)7(5)13/h4H,1-3H3. The molecule has 0 aliphatic rings. The molecule has 1 aromatic rings. The first-order valence-corrected chi connectivity index (χ1v) is 8.88. The van der Waals surface area contributed by atoms with E-state index < -0.39 is 47.6 Å². The molecule has 0 heterocycles. The van der Waals surface area contributed by atoms with Gasteiger partial charge in [-0.05, 0) is 5.54 Å². The van der Waals surface area contributed by atoms with Crippen molar-refractivity contribution in [2.75, 3.05) is 0 Å². The minimum absolute atomic E-state index is 0.826. The maximum atomic E-state index is 13.4. The average Bonchev–Trinajstić information content (AvgIpc) is 2.22. The van der Waals surface area contributed by atoms with E-state index in [0.717, 1.165) is 0 Å². The van der Waals surface area contributed by atoms with Crippen LogP contribution in [0, 0.1) is 29.1 Å². The van der Waals surface area contributed by atoms with Gasteiger partial charge in [-0.1, -0.05) is 20.0 Å². The fraction of sp³-hybridized carbons (Fsp3) is 0.400. The Bertz CT molecular complexity index is 426. The summed E-state index contributed by atoms with van der Waals surface area (Å²) >= 11 is 5.97. The van der Waals surface area contributed by atoms with Gasteiger partial charge in [-0.15, -0.1) is 0 Å². The summed E-state index contributed by atoms with van der Waals surface area (Å²) in [5, 5.41) is 0. The number of hydrogen-bond acceptors (Lipinski definition) is 0. The Morgan fingerprint density at radius 3 is 1.41 bits per heavy atom. The largest absolute Gasteiger partial charge is 0.203 e. The van der Waals surface area contributed by atoms with Gasteiger partial charge in [-0.3, -0.25) is 0 Å².